The van der Waals surface area contributed by atoms with Crippen molar-refractivity contribution in [3.8, 4) is 0 Å². The predicted molar refractivity (Wildman–Crippen MR) is 71.4 cm³/mol. The van der Waals surface area contributed by atoms with E-state index in [0.717, 1.165) is 6.42 Å². The highest BCUT2D eigenvalue weighted by Gasteiger charge is 2.13. The fourth-order valence-electron chi connectivity index (χ4n) is 1.95. The van der Waals surface area contributed by atoms with Gasteiger partial charge in [0.1, 0.15) is 0 Å². The number of rotatable bonds is 5. The summed E-state index contributed by atoms with van der Waals surface area (Å²) in [4.78, 5) is 4.37. The molecular formula is C13H19N3S. The molecule has 0 aromatic carbocycles. The Morgan fingerprint density at radius 2 is 2.06 bits per heavy atom. The lowest BCUT2D eigenvalue weighted by molar-refractivity contribution is 0.557. The summed E-state index contributed by atoms with van der Waals surface area (Å²) in [7, 11) is 1.97. The van der Waals surface area contributed by atoms with Crippen molar-refractivity contribution in [1.82, 2.24) is 14.8 Å². The summed E-state index contributed by atoms with van der Waals surface area (Å²) in [5.41, 5.74) is 1.19. The van der Waals surface area contributed by atoms with E-state index in [1.807, 2.05) is 29.5 Å². The van der Waals surface area contributed by atoms with Gasteiger partial charge >= 0.3 is 0 Å². The van der Waals surface area contributed by atoms with Crippen LogP contribution in [0.15, 0.2) is 23.8 Å². The fraction of sp³-hybridized carbons (Fsp3) is 0.538. The van der Waals surface area contributed by atoms with Crippen molar-refractivity contribution in [3.63, 3.8) is 0 Å². The first-order valence-corrected chi connectivity index (χ1v) is 6.93. The molecule has 0 fully saturated rings. The molecule has 0 amide bonds. The molecule has 2 atom stereocenters. The van der Waals surface area contributed by atoms with Gasteiger partial charge in [-0.25, -0.2) is 4.98 Å². The molecule has 3 nitrogen and oxygen atoms in total. The maximum absolute atomic E-state index is 4.45. The molecule has 0 saturated heterocycles. The maximum atomic E-state index is 4.45. The molecule has 0 saturated carbocycles. The molecule has 92 valence electrons. The van der Waals surface area contributed by atoms with Crippen molar-refractivity contribution in [2.45, 2.75) is 38.5 Å². The van der Waals surface area contributed by atoms with Gasteiger partial charge in [0.2, 0.25) is 0 Å². The zero-order valence-electron chi connectivity index (χ0n) is 10.6. The van der Waals surface area contributed by atoms with Crippen LogP contribution in [0.2, 0.25) is 0 Å². The molecule has 0 aliphatic carbocycles. The number of aromatic nitrogens is 3. The average molecular weight is 249 g/mol. The third kappa shape index (κ3) is 3.16. The molecule has 0 spiro atoms. The van der Waals surface area contributed by atoms with Crippen LogP contribution in [0.4, 0.5) is 0 Å². The van der Waals surface area contributed by atoms with Gasteiger partial charge in [-0.15, -0.1) is 11.3 Å². The minimum Gasteiger partial charge on any atom is -0.276 e. The second-order valence-corrected chi connectivity index (χ2v) is 5.59. The van der Waals surface area contributed by atoms with E-state index in [4.69, 9.17) is 0 Å². The van der Waals surface area contributed by atoms with Crippen LogP contribution in [0.5, 0.6) is 0 Å². The van der Waals surface area contributed by atoms with Crippen molar-refractivity contribution < 1.29 is 0 Å². The summed E-state index contributed by atoms with van der Waals surface area (Å²) in [5.74, 6) is 1.08. The Kier molecular flexibility index (Phi) is 3.94. The Morgan fingerprint density at radius 3 is 2.65 bits per heavy atom. The first-order valence-electron chi connectivity index (χ1n) is 6.05. The van der Waals surface area contributed by atoms with Gasteiger partial charge in [-0.05, 0) is 18.9 Å². The molecule has 2 aromatic rings. The SMILES string of the molecule is CC(CCC(C)c1nccs1)c1ccn(C)n1. The molecule has 2 rings (SSSR count). The highest BCUT2D eigenvalue weighted by atomic mass is 32.1. The summed E-state index contributed by atoms with van der Waals surface area (Å²) in [6.07, 6.45) is 6.23. The van der Waals surface area contributed by atoms with E-state index < -0.39 is 0 Å². The van der Waals surface area contributed by atoms with E-state index in [9.17, 15) is 0 Å². The number of aryl methyl sites for hydroxylation is 1. The van der Waals surface area contributed by atoms with E-state index in [0.29, 0.717) is 11.8 Å². The molecule has 4 heteroatoms. The highest BCUT2D eigenvalue weighted by Crippen LogP contribution is 2.27. The van der Waals surface area contributed by atoms with Gasteiger partial charge < -0.3 is 0 Å². The fourth-order valence-corrected chi connectivity index (χ4v) is 2.68. The Labute approximate surface area is 107 Å². The molecule has 17 heavy (non-hydrogen) atoms. The van der Waals surface area contributed by atoms with Gasteiger partial charge in [-0.1, -0.05) is 13.8 Å². The van der Waals surface area contributed by atoms with E-state index >= 15 is 0 Å². The molecule has 2 aromatic heterocycles. The molecule has 0 aliphatic rings. The third-order valence-corrected chi connectivity index (χ3v) is 4.15. The van der Waals surface area contributed by atoms with Crippen LogP contribution in [0.1, 0.15) is 49.2 Å². The van der Waals surface area contributed by atoms with Crippen LogP contribution in [0, 0.1) is 0 Å². The second kappa shape index (κ2) is 5.45. The summed E-state index contributed by atoms with van der Waals surface area (Å²) < 4.78 is 1.87. The number of nitrogens with zero attached hydrogens (tertiary/aromatic N) is 3. The van der Waals surface area contributed by atoms with Crippen molar-refractivity contribution >= 4 is 11.3 Å². The third-order valence-electron chi connectivity index (χ3n) is 3.14. The molecule has 0 aliphatic heterocycles. The van der Waals surface area contributed by atoms with Crippen LogP contribution >= 0.6 is 11.3 Å². The van der Waals surface area contributed by atoms with Crippen molar-refractivity contribution in [2.24, 2.45) is 7.05 Å². The van der Waals surface area contributed by atoms with E-state index in [1.54, 1.807) is 11.3 Å². The van der Waals surface area contributed by atoms with Crippen LogP contribution in [-0.2, 0) is 7.05 Å². The minimum absolute atomic E-state index is 0.526. The lowest BCUT2D eigenvalue weighted by Crippen LogP contribution is -2.00. The van der Waals surface area contributed by atoms with Crippen molar-refractivity contribution in [3.05, 3.63) is 34.5 Å². The molecule has 0 N–H and O–H groups in total. The second-order valence-electron chi connectivity index (χ2n) is 4.66. The van der Waals surface area contributed by atoms with Crippen LogP contribution < -0.4 is 0 Å². The lowest BCUT2D eigenvalue weighted by atomic mass is 9.96. The van der Waals surface area contributed by atoms with Crippen LogP contribution in [0.25, 0.3) is 0 Å². The average Bonchev–Trinajstić information content (AvgIpc) is 2.95. The Hall–Kier alpha value is -1.16. The number of hydrogen-bond acceptors (Lipinski definition) is 3. The standard InChI is InChI=1S/C13H19N3S/c1-10(12-6-8-16(3)15-12)4-5-11(2)13-14-7-9-17-13/h6-11H,4-5H2,1-3H3. The molecule has 2 heterocycles. The highest BCUT2D eigenvalue weighted by molar-refractivity contribution is 7.09. The summed E-state index contributed by atoms with van der Waals surface area (Å²) >= 11 is 1.75. The monoisotopic (exact) mass is 249 g/mol. The van der Waals surface area contributed by atoms with E-state index in [2.05, 4.69) is 30.0 Å². The quantitative estimate of drug-likeness (QED) is 0.811. The predicted octanol–water partition coefficient (Wildman–Crippen LogP) is 3.56. The van der Waals surface area contributed by atoms with Crippen molar-refractivity contribution in [1.29, 1.82) is 0 Å². The minimum atomic E-state index is 0.526. The Balaban J connectivity index is 1.86. The Bertz CT molecular complexity index is 447. The maximum Gasteiger partial charge on any atom is 0.0953 e. The largest absolute Gasteiger partial charge is 0.276 e. The van der Waals surface area contributed by atoms with E-state index in [1.165, 1.54) is 17.1 Å². The zero-order chi connectivity index (χ0) is 12.3. The van der Waals surface area contributed by atoms with Gasteiger partial charge in [0.05, 0.1) is 10.7 Å². The Morgan fingerprint density at radius 1 is 1.29 bits per heavy atom. The van der Waals surface area contributed by atoms with Gasteiger partial charge in [-0.3, -0.25) is 4.68 Å². The first-order chi connectivity index (χ1) is 8.16. The van der Waals surface area contributed by atoms with Gasteiger partial charge in [0, 0.05) is 36.7 Å². The number of hydrogen-bond donors (Lipinski definition) is 0. The number of thiazole rings is 1. The van der Waals surface area contributed by atoms with Gasteiger partial charge in [0.15, 0.2) is 0 Å². The summed E-state index contributed by atoms with van der Waals surface area (Å²) in [6, 6.07) is 2.11. The summed E-state index contributed by atoms with van der Waals surface area (Å²) in [6.45, 7) is 4.50. The van der Waals surface area contributed by atoms with Crippen LogP contribution in [0.3, 0.4) is 0 Å². The molecule has 0 bridgehead atoms. The molecular weight excluding hydrogens is 230 g/mol. The lowest BCUT2D eigenvalue weighted by Gasteiger charge is -2.12. The van der Waals surface area contributed by atoms with Crippen molar-refractivity contribution in [2.75, 3.05) is 0 Å². The van der Waals surface area contributed by atoms with E-state index in [-0.39, 0.29) is 0 Å². The van der Waals surface area contributed by atoms with Gasteiger partial charge in [-0.2, -0.15) is 5.10 Å². The summed E-state index contributed by atoms with van der Waals surface area (Å²) in [5, 5.41) is 7.75. The topological polar surface area (TPSA) is 30.7 Å². The zero-order valence-corrected chi connectivity index (χ0v) is 11.4. The molecule has 0 radical (unpaired) electrons. The first kappa shape index (κ1) is 12.3. The normalized spacial score (nSPS) is 14.8. The smallest absolute Gasteiger partial charge is 0.0953 e. The van der Waals surface area contributed by atoms with Crippen LogP contribution in [-0.4, -0.2) is 14.8 Å². The molecule has 2 unspecified atom stereocenters. The van der Waals surface area contributed by atoms with Gasteiger partial charge in [0.25, 0.3) is 0 Å².